The van der Waals surface area contributed by atoms with Crippen LogP contribution in [0.25, 0.3) is 0 Å². The van der Waals surface area contributed by atoms with Crippen molar-refractivity contribution >= 4 is 8.41 Å². The van der Waals surface area contributed by atoms with Gasteiger partial charge in [-0.2, -0.15) is 0 Å². The van der Waals surface area contributed by atoms with Gasteiger partial charge >= 0.3 is 0 Å². The van der Waals surface area contributed by atoms with Crippen molar-refractivity contribution in [3.05, 3.63) is 0 Å². The van der Waals surface area contributed by atoms with Crippen LogP contribution in [0.4, 0.5) is 0 Å². The van der Waals surface area contributed by atoms with Gasteiger partial charge in [0.1, 0.15) is 0 Å². The van der Waals surface area contributed by atoms with Gasteiger partial charge in [0.05, 0.1) is 8.41 Å². The van der Waals surface area contributed by atoms with Crippen LogP contribution in [0.15, 0.2) is 0 Å². The minimum atomic E-state index is 0. The molecule has 0 saturated heterocycles. The van der Waals surface area contributed by atoms with Gasteiger partial charge in [0.15, 0.2) is 0 Å². The summed E-state index contributed by atoms with van der Waals surface area (Å²) in [5.74, 6) is 0. The van der Waals surface area contributed by atoms with E-state index < -0.39 is 0 Å². The smallest absolute Gasteiger partial charge is 0.0654 e. The van der Waals surface area contributed by atoms with Crippen molar-refractivity contribution in [2.24, 2.45) is 0 Å². The molecule has 0 rings (SSSR count). The minimum absolute atomic E-state index is 0. The monoisotopic (exact) mass is 268 g/mol. The van der Waals surface area contributed by atoms with E-state index in [2.05, 4.69) is 13.8 Å². The Labute approximate surface area is 125 Å². The Kier molecular flexibility index (Phi) is 22.9. The Hall–Kier alpha value is 0.0649. The SMILES string of the molecule is B.CCCCCCCCCCCCCCCCCC. The van der Waals surface area contributed by atoms with Crippen LogP contribution in [0.3, 0.4) is 0 Å². The Morgan fingerprint density at radius 2 is 0.474 bits per heavy atom. The van der Waals surface area contributed by atoms with Crippen LogP contribution in [0.5, 0.6) is 0 Å². The summed E-state index contributed by atoms with van der Waals surface area (Å²) in [6.07, 6.45) is 23.4. The molecule has 0 saturated carbocycles. The quantitative estimate of drug-likeness (QED) is 0.249. The summed E-state index contributed by atoms with van der Waals surface area (Å²) in [7, 11) is 0. The Bertz CT molecular complexity index is 118. The topological polar surface area (TPSA) is 0 Å². The molecule has 0 aromatic rings. The summed E-state index contributed by atoms with van der Waals surface area (Å²) in [6, 6.07) is 0. The second-order valence-corrected chi connectivity index (χ2v) is 5.95. The van der Waals surface area contributed by atoms with Gasteiger partial charge < -0.3 is 0 Å². The molecule has 0 N–H and O–H groups in total. The lowest BCUT2D eigenvalue weighted by Crippen LogP contribution is -1.83. The summed E-state index contributed by atoms with van der Waals surface area (Å²) in [4.78, 5) is 0. The molecule has 0 fully saturated rings. The molecule has 0 aliphatic carbocycles. The first kappa shape index (κ1) is 21.4. The van der Waals surface area contributed by atoms with Crippen molar-refractivity contribution in [1.82, 2.24) is 0 Å². The fraction of sp³-hybridized carbons (Fsp3) is 1.00. The molecule has 0 aromatic carbocycles. The maximum Gasteiger partial charge on any atom is 0.0814 e. The van der Waals surface area contributed by atoms with E-state index in [1.807, 2.05) is 0 Å². The third-order valence-electron chi connectivity index (χ3n) is 3.96. The van der Waals surface area contributed by atoms with Gasteiger partial charge in [-0.25, -0.2) is 0 Å². The molecular weight excluding hydrogens is 227 g/mol. The molecule has 0 bridgehead atoms. The predicted molar refractivity (Wildman–Crippen MR) is 95.2 cm³/mol. The summed E-state index contributed by atoms with van der Waals surface area (Å²) in [5, 5.41) is 0. The first-order valence-corrected chi connectivity index (χ1v) is 8.91. The van der Waals surface area contributed by atoms with Gasteiger partial charge in [0, 0.05) is 0 Å². The van der Waals surface area contributed by atoms with E-state index in [4.69, 9.17) is 0 Å². The maximum absolute atomic E-state index is 2.29. The standard InChI is InChI=1S/C18H38.BH3/c1-3-5-7-9-11-13-15-17-18-16-14-12-10-8-6-4-2;/h3-18H2,1-2H3;1H3. The number of hydrogen-bond donors (Lipinski definition) is 0. The molecule has 0 amide bonds. The number of hydrogen-bond acceptors (Lipinski definition) is 0. The van der Waals surface area contributed by atoms with Gasteiger partial charge in [0.25, 0.3) is 0 Å². The van der Waals surface area contributed by atoms with E-state index in [1.54, 1.807) is 0 Å². The molecule has 0 radical (unpaired) electrons. The zero-order valence-corrected chi connectivity index (χ0v) is 13.3. The highest BCUT2D eigenvalue weighted by atomic mass is 14.0. The molecule has 0 nitrogen and oxygen atoms in total. The molecule has 0 aromatic heterocycles. The van der Waals surface area contributed by atoms with E-state index in [1.165, 1.54) is 103 Å². The highest BCUT2D eigenvalue weighted by Gasteiger charge is 1.93. The first-order chi connectivity index (χ1) is 8.91. The van der Waals surface area contributed by atoms with E-state index in [0.717, 1.165) is 0 Å². The second-order valence-electron chi connectivity index (χ2n) is 5.95. The normalized spacial score (nSPS) is 10.4. The lowest BCUT2D eigenvalue weighted by Gasteiger charge is -2.03. The minimum Gasteiger partial charge on any atom is -0.0654 e. The van der Waals surface area contributed by atoms with Gasteiger partial charge in [0.2, 0.25) is 0 Å². The van der Waals surface area contributed by atoms with Crippen LogP contribution in [-0.2, 0) is 0 Å². The molecule has 0 atom stereocenters. The van der Waals surface area contributed by atoms with Gasteiger partial charge in [-0.05, 0) is 0 Å². The highest BCUT2D eigenvalue weighted by molar-refractivity contribution is 5.75. The van der Waals surface area contributed by atoms with E-state index in [-0.39, 0.29) is 8.41 Å². The van der Waals surface area contributed by atoms with Crippen molar-refractivity contribution in [1.29, 1.82) is 0 Å². The fourth-order valence-corrected chi connectivity index (χ4v) is 2.62. The number of unbranched alkanes of at least 4 members (excludes halogenated alkanes) is 15. The van der Waals surface area contributed by atoms with Crippen LogP contribution < -0.4 is 0 Å². The van der Waals surface area contributed by atoms with E-state index in [9.17, 15) is 0 Å². The Morgan fingerprint density at radius 1 is 0.316 bits per heavy atom. The van der Waals surface area contributed by atoms with E-state index in [0.29, 0.717) is 0 Å². The lowest BCUT2D eigenvalue weighted by atomic mass is 10.0. The third kappa shape index (κ3) is 20.5. The van der Waals surface area contributed by atoms with Gasteiger partial charge in [-0.15, -0.1) is 0 Å². The molecule has 0 aliphatic rings. The average Bonchev–Trinajstić information content (AvgIpc) is 2.39. The van der Waals surface area contributed by atoms with Crippen LogP contribution in [-0.4, -0.2) is 8.41 Å². The summed E-state index contributed by atoms with van der Waals surface area (Å²) >= 11 is 0. The van der Waals surface area contributed by atoms with Crippen molar-refractivity contribution in [3.63, 3.8) is 0 Å². The van der Waals surface area contributed by atoms with Crippen molar-refractivity contribution in [2.45, 2.75) is 117 Å². The van der Waals surface area contributed by atoms with Crippen LogP contribution in [0.2, 0.25) is 0 Å². The Balaban J connectivity index is 0. The molecular formula is C18H41B. The fourth-order valence-electron chi connectivity index (χ4n) is 2.62. The van der Waals surface area contributed by atoms with Crippen molar-refractivity contribution < 1.29 is 0 Å². The lowest BCUT2D eigenvalue weighted by molar-refractivity contribution is 0.531. The largest absolute Gasteiger partial charge is 0.0814 e. The molecule has 0 aliphatic heterocycles. The Morgan fingerprint density at radius 3 is 0.632 bits per heavy atom. The maximum atomic E-state index is 2.29. The molecule has 19 heavy (non-hydrogen) atoms. The van der Waals surface area contributed by atoms with Crippen molar-refractivity contribution in [2.75, 3.05) is 0 Å². The van der Waals surface area contributed by atoms with Crippen molar-refractivity contribution in [3.8, 4) is 0 Å². The van der Waals surface area contributed by atoms with Crippen LogP contribution in [0.1, 0.15) is 117 Å². The highest BCUT2D eigenvalue weighted by Crippen LogP contribution is 2.13. The third-order valence-corrected chi connectivity index (χ3v) is 3.96. The number of rotatable bonds is 15. The van der Waals surface area contributed by atoms with E-state index >= 15 is 0 Å². The molecule has 0 unspecified atom stereocenters. The predicted octanol–water partition coefficient (Wildman–Crippen LogP) is 6.08. The summed E-state index contributed by atoms with van der Waals surface area (Å²) in [6.45, 7) is 4.59. The summed E-state index contributed by atoms with van der Waals surface area (Å²) in [5.41, 5.74) is 0. The first-order valence-electron chi connectivity index (χ1n) is 8.91. The van der Waals surface area contributed by atoms with Gasteiger partial charge in [-0.1, -0.05) is 117 Å². The molecule has 0 heterocycles. The van der Waals surface area contributed by atoms with Crippen LogP contribution in [0, 0.1) is 0 Å². The zero-order valence-electron chi connectivity index (χ0n) is 13.3. The zero-order chi connectivity index (χ0) is 13.3. The second kappa shape index (κ2) is 20.4. The molecule has 0 spiro atoms. The van der Waals surface area contributed by atoms with Gasteiger partial charge in [-0.3, -0.25) is 0 Å². The molecule has 1 heteroatoms. The average molecular weight is 268 g/mol. The molecule has 116 valence electrons. The van der Waals surface area contributed by atoms with Crippen LogP contribution >= 0.6 is 0 Å². The summed E-state index contributed by atoms with van der Waals surface area (Å²) < 4.78 is 0.